The molecule has 0 heteroatoms. The van der Waals surface area contributed by atoms with E-state index in [9.17, 15) is 0 Å². The lowest BCUT2D eigenvalue weighted by atomic mass is 9.82. The Morgan fingerprint density at radius 3 is 1.83 bits per heavy atom. The molecule has 0 unspecified atom stereocenters. The van der Waals surface area contributed by atoms with Gasteiger partial charge in [0.25, 0.3) is 0 Å². The zero-order valence-electron chi connectivity index (χ0n) is 23.3. The summed E-state index contributed by atoms with van der Waals surface area (Å²) < 4.78 is 0. The zero-order chi connectivity index (χ0) is 27.1. The van der Waals surface area contributed by atoms with Crippen LogP contribution in [-0.4, -0.2) is 0 Å². The summed E-state index contributed by atoms with van der Waals surface area (Å²) in [5, 5.41) is 2.39. The van der Waals surface area contributed by atoms with Crippen molar-refractivity contribution in [2.45, 2.75) is 48.0 Å². The van der Waals surface area contributed by atoms with Crippen LogP contribution in [0.1, 0.15) is 70.2 Å². The molecule has 188 valence electrons. The van der Waals surface area contributed by atoms with Gasteiger partial charge in [-0.15, -0.1) is 0 Å². The second-order valence-corrected chi connectivity index (χ2v) is 8.45. The SMILES string of the molecule is C=CC(=C)/C=C\C(=C/C/C=C\C(C)C)c1c(C=C)c(C=C)c(C(/C=C\C)=C/C)c2ccccc12.CC. The maximum Gasteiger partial charge on any atom is -0.00297 e. The van der Waals surface area contributed by atoms with E-state index in [0.717, 1.165) is 34.3 Å². The highest BCUT2D eigenvalue weighted by atomic mass is 14.2. The van der Waals surface area contributed by atoms with E-state index in [1.807, 2.05) is 39.0 Å². The first-order chi connectivity index (χ1) is 17.4. The first-order valence-corrected chi connectivity index (χ1v) is 12.9. The molecule has 36 heavy (non-hydrogen) atoms. The van der Waals surface area contributed by atoms with Gasteiger partial charge in [-0.05, 0) is 75.9 Å². The van der Waals surface area contributed by atoms with Crippen molar-refractivity contribution in [3.05, 3.63) is 133 Å². The molecule has 0 saturated carbocycles. The molecular formula is C36H44. The van der Waals surface area contributed by atoms with E-state index in [1.165, 1.54) is 21.9 Å². The summed E-state index contributed by atoms with van der Waals surface area (Å²) in [5.74, 6) is 0.523. The Kier molecular flexibility index (Phi) is 13.6. The fourth-order valence-corrected chi connectivity index (χ4v) is 4.09. The van der Waals surface area contributed by atoms with Crippen molar-refractivity contribution >= 4 is 34.1 Å². The van der Waals surface area contributed by atoms with E-state index in [-0.39, 0.29) is 0 Å². The molecule has 0 spiro atoms. The highest BCUT2D eigenvalue weighted by Crippen LogP contribution is 2.40. The van der Waals surface area contributed by atoms with Gasteiger partial charge < -0.3 is 0 Å². The standard InChI is InChI=1S/C34H38.C2H6/c1-9-18-27(11-3)33-29(12-4)30(13-5)34(32-22-17-16-21-31(32)33)28(24-23-26(8)10-2)20-15-14-19-25(6)7;1-2/h9-14,16-25H,2,4-5,8,15H2,1,3,6-7H3;1-2H3/b18-9-,19-14-,24-23-,27-11+,28-20+;. The van der Waals surface area contributed by atoms with Gasteiger partial charge in [0.2, 0.25) is 0 Å². The van der Waals surface area contributed by atoms with Crippen molar-refractivity contribution in [3.8, 4) is 0 Å². The average molecular weight is 477 g/mol. The molecule has 0 amide bonds. The lowest BCUT2D eigenvalue weighted by molar-refractivity contribution is 0.828. The number of allylic oxidation sites excluding steroid dienone is 12. The van der Waals surface area contributed by atoms with E-state index in [1.54, 1.807) is 6.08 Å². The topological polar surface area (TPSA) is 0 Å². The molecule has 2 aromatic carbocycles. The highest BCUT2D eigenvalue weighted by Gasteiger charge is 2.19. The smallest absolute Gasteiger partial charge is 0.00297 e. The lowest BCUT2D eigenvalue weighted by Gasteiger charge is -2.21. The minimum Gasteiger partial charge on any atom is -0.0985 e. The Balaban J connectivity index is 0.00000316. The summed E-state index contributed by atoms with van der Waals surface area (Å²) in [6.45, 7) is 28.8. The van der Waals surface area contributed by atoms with Crippen LogP contribution < -0.4 is 0 Å². The van der Waals surface area contributed by atoms with Crippen molar-refractivity contribution in [2.24, 2.45) is 5.92 Å². The molecule has 0 aliphatic rings. The molecular weight excluding hydrogens is 432 g/mol. The summed E-state index contributed by atoms with van der Waals surface area (Å²) in [7, 11) is 0. The number of hydrogen-bond acceptors (Lipinski definition) is 0. The van der Waals surface area contributed by atoms with Crippen LogP contribution in [0.15, 0.2) is 111 Å². The first-order valence-electron chi connectivity index (χ1n) is 12.9. The Hall–Kier alpha value is -3.64. The van der Waals surface area contributed by atoms with Gasteiger partial charge in [0, 0.05) is 0 Å². The zero-order valence-corrected chi connectivity index (χ0v) is 23.3. The van der Waals surface area contributed by atoms with Crippen LogP contribution in [-0.2, 0) is 0 Å². The third-order valence-corrected chi connectivity index (χ3v) is 5.67. The Morgan fingerprint density at radius 2 is 1.39 bits per heavy atom. The lowest BCUT2D eigenvalue weighted by Crippen LogP contribution is -2.00. The molecule has 2 rings (SSSR count). The second-order valence-electron chi connectivity index (χ2n) is 8.45. The van der Waals surface area contributed by atoms with E-state index >= 15 is 0 Å². The van der Waals surface area contributed by atoms with Gasteiger partial charge >= 0.3 is 0 Å². The van der Waals surface area contributed by atoms with Gasteiger partial charge in [0.15, 0.2) is 0 Å². The molecule has 2 aromatic rings. The van der Waals surface area contributed by atoms with Crippen LogP contribution in [0.25, 0.3) is 34.1 Å². The molecule has 0 aliphatic carbocycles. The number of benzene rings is 2. The Bertz CT molecular complexity index is 1220. The summed E-state index contributed by atoms with van der Waals surface area (Å²) in [6, 6.07) is 8.60. The second kappa shape index (κ2) is 16.1. The van der Waals surface area contributed by atoms with Gasteiger partial charge in [-0.25, -0.2) is 0 Å². The molecule has 0 fully saturated rings. The molecule has 0 bridgehead atoms. The largest absolute Gasteiger partial charge is 0.0985 e. The third kappa shape index (κ3) is 7.68. The molecule has 0 radical (unpaired) electrons. The van der Waals surface area contributed by atoms with E-state index in [2.05, 4.69) is 114 Å². The van der Waals surface area contributed by atoms with Crippen molar-refractivity contribution < 1.29 is 0 Å². The van der Waals surface area contributed by atoms with Gasteiger partial charge in [0.1, 0.15) is 0 Å². The summed E-state index contributed by atoms with van der Waals surface area (Å²) >= 11 is 0. The fourth-order valence-electron chi connectivity index (χ4n) is 4.09. The summed E-state index contributed by atoms with van der Waals surface area (Å²) in [4.78, 5) is 0. The summed E-state index contributed by atoms with van der Waals surface area (Å²) in [6.07, 6.45) is 23.8. The Labute approximate surface area is 220 Å². The van der Waals surface area contributed by atoms with Crippen molar-refractivity contribution in [2.75, 3.05) is 0 Å². The van der Waals surface area contributed by atoms with Crippen molar-refractivity contribution in [1.29, 1.82) is 0 Å². The summed E-state index contributed by atoms with van der Waals surface area (Å²) in [5.41, 5.74) is 7.69. The minimum atomic E-state index is 0.523. The van der Waals surface area contributed by atoms with E-state index in [0.29, 0.717) is 5.92 Å². The van der Waals surface area contributed by atoms with E-state index in [4.69, 9.17) is 0 Å². The molecule has 0 nitrogen and oxygen atoms in total. The van der Waals surface area contributed by atoms with Crippen LogP contribution in [0.4, 0.5) is 0 Å². The first kappa shape index (κ1) is 30.4. The van der Waals surface area contributed by atoms with Crippen LogP contribution in [0.3, 0.4) is 0 Å². The number of hydrogen-bond donors (Lipinski definition) is 0. The molecule has 0 saturated heterocycles. The van der Waals surface area contributed by atoms with Gasteiger partial charge in [0.05, 0.1) is 0 Å². The maximum atomic E-state index is 4.21. The predicted molar refractivity (Wildman–Crippen MR) is 169 cm³/mol. The van der Waals surface area contributed by atoms with Crippen LogP contribution in [0.5, 0.6) is 0 Å². The normalized spacial score (nSPS) is 12.4. The monoisotopic (exact) mass is 476 g/mol. The van der Waals surface area contributed by atoms with Gasteiger partial charge in [-0.2, -0.15) is 0 Å². The number of rotatable bonds is 11. The molecule has 0 heterocycles. The molecule has 0 N–H and O–H groups in total. The minimum absolute atomic E-state index is 0.523. The van der Waals surface area contributed by atoms with Crippen LogP contribution in [0, 0.1) is 5.92 Å². The van der Waals surface area contributed by atoms with Crippen LogP contribution in [0.2, 0.25) is 0 Å². The van der Waals surface area contributed by atoms with Crippen LogP contribution >= 0.6 is 0 Å². The van der Waals surface area contributed by atoms with Gasteiger partial charge in [-0.1, -0.05) is 145 Å². The predicted octanol–water partition coefficient (Wildman–Crippen LogP) is 11.4. The quantitative estimate of drug-likeness (QED) is 0.223. The molecule has 0 aliphatic heterocycles. The highest BCUT2D eigenvalue weighted by molar-refractivity contribution is 6.08. The van der Waals surface area contributed by atoms with Gasteiger partial charge in [-0.3, -0.25) is 0 Å². The van der Waals surface area contributed by atoms with Crippen molar-refractivity contribution in [1.82, 2.24) is 0 Å². The maximum absolute atomic E-state index is 4.21. The fraction of sp³-hybridized carbons (Fsp3) is 0.222. The molecule has 0 aromatic heterocycles. The van der Waals surface area contributed by atoms with E-state index < -0.39 is 0 Å². The average Bonchev–Trinajstić information content (AvgIpc) is 2.91. The third-order valence-electron chi connectivity index (χ3n) is 5.67. The Morgan fingerprint density at radius 1 is 0.833 bits per heavy atom. The molecule has 0 atom stereocenters. The number of fused-ring (bicyclic) bond motifs is 1. The van der Waals surface area contributed by atoms with Crippen molar-refractivity contribution in [3.63, 3.8) is 0 Å².